The van der Waals surface area contributed by atoms with Crippen molar-refractivity contribution in [3.05, 3.63) is 0 Å². The minimum Gasteiger partial charge on any atom is -0.232 e. The molecule has 2 amide bonds. The first kappa shape index (κ1) is 14.1. The first-order valence-corrected chi connectivity index (χ1v) is 8.27. The van der Waals surface area contributed by atoms with E-state index in [1.54, 1.807) is 9.48 Å². The molecule has 0 aromatic rings. The lowest BCUT2D eigenvalue weighted by molar-refractivity contribution is -0.484. The van der Waals surface area contributed by atoms with Gasteiger partial charge in [0.2, 0.25) is 0 Å². The van der Waals surface area contributed by atoms with Crippen LogP contribution in [0.2, 0.25) is 0 Å². The van der Waals surface area contributed by atoms with Crippen molar-refractivity contribution in [2.24, 2.45) is 0 Å². The van der Waals surface area contributed by atoms with E-state index in [0.717, 1.165) is 51.4 Å². The highest BCUT2D eigenvalue weighted by Gasteiger charge is 2.52. The molecule has 3 aliphatic rings. The highest BCUT2D eigenvalue weighted by Crippen LogP contribution is 2.29. The van der Waals surface area contributed by atoms with Gasteiger partial charge < -0.3 is 0 Å². The van der Waals surface area contributed by atoms with E-state index in [-0.39, 0.29) is 12.1 Å². The Morgan fingerprint density at radius 1 is 0.900 bits per heavy atom. The number of nitrogens with zero attached hydrogens (tertiary/aromatic N) is 2. The van der Waals surface area contributed by atoms with Gasteiger partial charge in [0.15, 0.2) is 0 Å². The van der Waals surface area contributed by atoms with Gasteiger partial charge in [0, 0.05) is 11.6 Å². The molecule has 110 valence electrons. The topological polar surface area (TPSA) is 40.4 Å². The summed E-state index contributed by atoms with van der Waals surface area (Å²) in [6, 6.07) is 0.252. The van der Waals surface area contributed by atoms with Crippen molar-refractivity contribution < 1.29 is 14.2 Å². The van der Waals surface area contributed by atoms with E-state index in [1.807, 2.05) is 0 Å². The first-order chi connectivity index (χ1) is 9.70. The van der Waals surface area contributed by atoms with Crippen LogP contribution in [0.1, 0.15) is 64.2 Å². The van der Waals surface area contributed by atoms with Gasteiger partial charge in [-0.25, -0.2) is 9.59 Å². The Morgan fingerprint density at radius 3 is 2.05 bits per heavy atom. The van der Waals surface area contributed by atoms with Crippen LogP contribution in [0.25, 0.3) is 0 Å². The summed E-state index contributed by atoms with van der Waals surface area (Å²) in [5, 5.41) is 0.374. The average Bonchev–Trinajstić information content (AvgIpc) is 2.71. The number of carbonyl (C=O) groups is 2. The first-order valence-electron chi connectivity index (χ1n) is 7.89. The summed E-state index contributed by atoms with van der Waals surface area (Å²) in [7, 11) is 0. The predicted molar refractivity (Wildman–Crippen MR) is 76.7 cm³/mol. The maximum absolute atomic E-state index is 12.3. The molecule has 3 rings (SSSR count). The fraction of sp³-hybridized carbons (Fsp3) is 0.800. The molecule has 0 saturated heterocycles. The minimum absolute atomic E-state index is 0.126. The second-order valence-corrected chi connectivity index (χ2v) is 6.54. The zero-order valence-corrected chi connectivity index (χ0v) is 12.6. The number of amides is 2. The van der Waals surface area contributed by atoms with Gasteiger partial charge in [0.25, 0.3) is 0 Å². The van der Waals surface area contributed by atoms with Gasteiger partial charge >= 0.3 is 17.1 Å². The summed E-state index contributed by atoms with van der Waals surface area (Å²) in [4.78, 5) is 26.2. The molecular weight excluding hydrogens is 276 g/mol. The van der Waals surface area contributed by atoms with Crippen molar-refractivity contribution in [1.82, 2.24) is 4.90 Å². The fourth-order valence-electron chi connectivity index (χ4n) is 3.80. The molecule has 0 N–H and O–H groups in total. The summed E-state index contributed by atoms with van der Waals surface area (Å²) in [5.41, 5.74) is 0. The average molecular weight is 298 g/mol. The maximum atomic E-state index is 12.3. The van der Waals surface area contributed by atoms with Crippen LogP contribution in [-0.4, -0.2) is 38.7 Å². The Balaban J connectivity index is 1.85. The number of hydrogen-bond donors (Lipinski definition) is 0. The van der Waals surface area contributed by atoms with E-state index in [9.17, 15) is 9.59 Å². The highest BCUT2D eigenvalue weighted by atomic mass is 35.5. The summed E-state index contributed by atoms with van der Waals surface area (Å²) >= 11 is 6.43. The molecule has 1 heterocycles. The van der Waals surface area contributed by atoms with E-state index in [1.165, 1.54) is 12.8 Å². The Bertz CT molecular complexity index is 449. The Kier molecular flexibility index (Phi) is 4.11. The van der Waals surface area contributed by atoms with Crippen LogP contribution < -0.4 is 0 Å². The SMILES string of the molecule is O=C1C(=O)[N+](C2CCCCC2)=C(Cl)N1C1CCCCC1. The predicted octanol–water partition coefficient (Wildman–Crippen LogP) is 2.63. The monoisotopic (exact) mass is 297 g/mol. The van der Waals surface area contributed by atoms with Crippen molar-refractivity contribution in [2.75, 3.05) is 0 Å². The number of hydrogen-bond acceptors (Lipinski definition) is 2. The van der Waals surface area contributed by atoms with Gasteiger partial charge in [-0.2, -0.15) is 9.48 Å². The second kappa shape index (κ2) is 5.84. The quantitative estimate of drug-likeness (QED) is 0.446. The molecule has 0 unspecified atom stereocenters. The highest BCUT2D eigenvalue weighted by molar-refractivity contribution is 6.68. The lowest BCUT2D eigenvalue weighted by Gasteiger charge is -2.24. The second-order valence-electron chi connectivity index (χ2n) is 6.20. The molecule has 0 bridgehead atoms. The molecule has 0 radical (unpaired) electrons. The molecule has 0 atom stereocenters. The normalized spacial score (nSPS) is 26.8. The van der Waals surface area contributed by atoms with Gasteiger partial charge in [-0.3, -0.25) is 0 Å². The molecule has 4 nitrogen and oxygen atoms in total. The number of rotatable bonds is 2. The minimum atomic E-state index is -0.410. The van der Waals surface area contributed by atoms with Crippen molar-refractivity contribution in [2.45, 2.75) is 76.3 Å². The molecule has 0 spiro atoms. The fourth-order valence-corrected chi connectivity index (χ4v) is 4.23. The van der Waals surface area contributed by atoms with Crippen molar-refractivity contribution in [3.63, 3.8) is 0 Å². The molecular formula is C15H22ClN2O2+. The van der Waals surface area contributed by atoms with E-state index < -0.39 is 11.8 Å². The molecule has 5 heteroatoms. The van der Waals surface area contributed by atoms with E-state index in [0.29, 0.717) is 5.29 Å². The van der Waals surface area contributed by atoms with Crippen LogP contribution in [0.15, 0.2) is 0 Å². The third-order valence-corrected chi connectivity index (χ3v) is 5.26. The molecule has 2 aliphatic carbocycles. The van der Waals surface area contributed by atoms with Crippen molar-refractivity contribution in [3.8, 4) is 0 Å². The lowest BCUT2D eigenvalue weighted by atomic mass is 9.94. The summed E-state index contributed by atoms with van der Waals surface area (Å²) in [6.07, 6.45) is 10.8. The van der Waals surface area contributed by atoms with Gasteiger partial charge in [-0.05, 0) is 51.4 Å². The van der Waals surface area contributed by atoms with Crippen LogP contribution in [-0.2, 0) is 9.59 Å². The number of carbonyl (C=O) groups excluding carboxylic acids is 2. The zero-order chi connectivity index (χ0) is 14.1. The molecule has 2 fully saturated rings. The van der Waals surface area contributed by atoms with Gasteiger partial charge in [-0.1, -0.05) is 12.8 Å². The number of amidine groups is 1. The molecule has 1 aliphatic heterocycles. The largest absolute Gasteiger partial charge is 0.424 e. The Morgan fingerprint density at radius 2 is 1.45 bits per heavy atom. The van der Waals surface area contributed by atoms with E-state index in [2.05, 4.69) is 0 Å². The van der Waals surface area contributed by atoms with Gasteiger partial charge in [0.05, 0.1) is 0 Å². The third-order valence-electron chi connectivity index (χ3n) is 4.90. The van der Waals surface area contributed by atoms with Crippen molar-refractivity contribution in [1.29, 1.82) is 0 Å². The van der Waals surface area contributed by atoms with Crippen LogP contribution >= 0.6 is 11.6 Å². The molecule has 0 aromatic heterocycles. The van der Waals surface area contributed by atoms with Crippen molar-refractivity contribution >= 4 is 28.7 Å². The van der Waals surface area contributed by atoms with Crippen LogP contribution in [0.3, 0.4) is 0 Å². The van der Waals surface area contributed by atoms with Crippen LogP contribution in [0.4, 0.5) is 0 Å². The Hall–Kier alpha value is -0.900. The van der Waals surface area contributed by atoms with Gasteiger partial charge in [0.1, 0.15) is 12.1 Å². The number of halogens is 1. The van der Waals surface area contributed by atoms with E-state index >= 15 is 0 Å². The Labute approximate surface area is 124 Å². The van der Waals surface area contributed by atoms with Gasteiger partial charge in [-0.15, -0.1) is 0 Å². The molecule has 2 saturated carbocycles. The smallest absolute Gasteiger partial charge is 0.232 e. The van der Waals surface area contributed by atoms with E-state index in [4.69, 9.17) is 11.6 Å². The molecule has 0 aromatic carbocycles. The third kappa shape index (κ3) is 2.39. The molecule has 20 heavy (non-hydrogen) atoms. The zero-order valence-electron chi connectivity index (χ0n) is 11.8. The summed E-state index contributed by atoms with van der Waals surface area (Å²) < 4.78 is 1.58. The van der Waals surface area contributed by atoms with Crippen LogP contribution in [0, 0.1) is 0 Å². The van der Waals surface area contributed by atoms with Crippen LogP contribution in [0.5, 0.6) is 0 Å². The maximum Gasteiger partial charge on any atom is 0.424 e. The summed E-state index contributed by atoms with van der Waals surface area (Å²) in [5.74, 6) is -0.819. The lowest BCUT2D eigenvalue weighted by Crippen LogP contribution is -2.41. The standard InChI is InChI=1S/C15H22ClN2O2/c16-15-17(11-7-3-1-4-8-11)13(19)14(20)18(15)12-9-5-2-6-10-12/h11-12H,1-10H2/q+1. The summed E-state index contributed by atoms with van der Waals surface area (Å²) in [6.45, 7) is 0.